The molecule has 1 aromatic rings. The Kier molecular flexibility index (Phi) is 6.86. The molecule has 0 saturated carbocycles. The van der Waals surface area contributed by atoms with Crippen LogP contribution >= 0.6 is 0 Å². The number of nitrogens with zero attached hydrogens (tertiary/aromatic N) is 4. The number of anilines is 3. The minimum absolute atomic E-state index is 0.106. The zero-order valence-corrected chi connectivity index (χ0v) is 14.7. The van der Waals surface area contributed by atoms with Crippen molar-refractivity contribution >= 4 is 27.5 Å². The highest BCUT2D eigenvalue weighted by Crippen LogP contribution is 2.25. The van der Waals surface area contributed by atoms with Crippen LogP contribution in [0.5, 0.6) is 0 Å². The monoisotopic (exact) mass is 329 g/mol. The lowest BCUT2D eigenvalue weighted by Gasteiger charge is -2.25. The van der Waals surface area contributed by atoms with Crippen LogP contribution in [0, 0.1) is 0 Å². The summed E-state index contributed by atoms with van der Waals surface area (Å²) >= 11 is 0. The summed E-state index contributed by atoms with van der Waals surface area (Å²) < 4.78 is 26.1. The average Bonchev–Trinajstić information content (AvgIpc) is 2.49. The van der Waals surface area contributed by atoms with Crippen molar-refractivity contribution in [2.24, 2.45) is 0 Å². The maximum Gasteiger partial charge on any atom is 0.235 e. The van der Waals surface area contributed by atoms with E-state index in [1.54, 1.807) is 6.92 Å². The first-order valence-electron chi connectivity index (χ1n) is 7.79. The van der Waals surface area contributed by atoms with Gasteiger partial charge in [-0.05, 0) is 27.2 Å². The van der Waals surface area contributed by atoms with Crippen LogP contribution in [0.15, 0.2) is 6.20 Å². The number of sulfonamides is 1. The van der Waals surface area contributed by atoms with Gasteiger partial charge in [-0.15, -0.1) is 0 Å². The molecule has 0 unspecified atom stereocenters. The molecule has 0 saturated heterocycles. The molecule has 0 aromatic carbocycles. The molecule has 0 atom stereocenters. The molecule has 0 radical (unpaired) electrons. The number of aromatic nitrogens is 2. The smallest absolute Gasteiger partial charge is 0.235 e. The van der Waals surface area contributed by atoms with E-state index in [9.17, 15) is 8.42 Å². The lowest BCUT2D eigenvalue weighted by Crippen LogP contribution is -2.34. The zero-order valence-electron chi connectivity index (χ0n) is 13.9. The van der Waals surface area contributed by atoms with Gasteiger partial charge in [-0.3, -0.25) is 4.31 Å². The van der Waals surface area contributed by atoms with Gasteiger partial charge in [-0.2, -0.15) is 4.98 Å². The quantitative estimate of drug-likeness (QED) is 0.743. The standard InChI is InChI=1S/C14H27N5O2S/c1-5-9-10-22(20,21)19(8-4)12-11-16-14(17-13(12)15)18(6-2)7-3/h11H,5-10H2,1-4H3,(H2,15,16,17). The van der Waals surface area contributed by atoms with Crippen molar-refractivity contribution in [2.45, 2.75) is 40.5 Å². The normalized spacial score (nSPS) is 11.5. The molecule has 7 nitrogen and oxygen atoms in total. The van der Waals surface area contributed by atoms with Gasteiger partial charge in [0.1, 0.15) is 5.69 Å². The van der Waals surface area contributed by atoms with Gasteiger partial charge in [-0.1, -0.05) is 13.3 Å². The molecule has 0 aliphatic heterocycles. The summed E-state index contributed by atoms with van der Waals surface area (Å²) in [6.07, 6.45) is 2.95. The molecule has 1 rings (SSSR count). The van der Waals surface area contributed by atoms with Crippen molar-refractivity contribution in [2.75, 3.05) is 40.3 Å². The number of hydrogen-bond donors (Lipinski definition) is 1. The molecule has 22 heavy (non-hydrogen) atoms. The molecule has 0 spiro atoms. The summed E-state index contributed by atoms with van der Waals surface area (Å²) in [6, 6.07) is 0. The van der Waals surface area contributed by atoms with Crippen LogP contribution in [0.25, 0.3) is 0 Å². The van der Waals surface area contributed by atoms with Crippen molar-refractivity contribution < 1.29 is 8.42 Å². The highest BCUT2D eigenvalue weighted by molar-refractivity contribution is 7.92. The van der Waals surface area contributed by atoms with Crippen LogP contribution in [0.4, 0.5) is 17.5 Å². The van der Waals surface area contributed by atoms with E-state index < -0.39 is 10.0 Å². The molecule has 0 fully saturated rings. The third kappa shape index (κ3) is 4.22. The number of rotatable bonds is 9. The largest absolute Gasteiger partial charge is 0.382 e. The number of nitrogens with two attached hydrogens (primary N) is 1. The zero-order chi connectivity index (χ0) is 16.8. The van der Waals surface area contributed by atoms with Gasteiger partial charge in [0.2, 0.25) is 16.0 Å². The molecule has 0 aliphatic carbocycles. The van der Waals surface area contributed by atoms with E-state index in [-0.39, 0.29) is 11.6 Å². The highest BCUT2D eigenvalue weighted by atomic mass is 32.2. The molecule has 2 N–H and O–H groups in total. The Morgan fingerprint density at radius 2 is 1.77 bits per heavy atom. The predicted octanol–water partition coefficient (Wildman–Crippen LogP) is 1.86. The predicted molar refractivity (Wildman–Crippen MR) is 91.7 cm³/mol. The summed E-state index contributed by atoms with van der Waals surface area (Å²) in [5.74, 6) is 0.821. The Hall–Kier alpha value is -1.57. The van der Waals surface area contributed by atoms with Crippen LogP contribution in [-0.2, 0) is 10.0 Å². The van der Waals surface area contributed by atoms with E-state index >= 15 is 0 Å². The minimum atomic E-state index is -3.39. The van der Waals surface area contributed by atoms with E-state index in [0.717, 1.165) is 19.5 Å². The number of unbranched alkanes of at least 4 members (excludes halogenated alkanes) is 1. The Labute approximate surface area is 133 Å². The lowest BCUT2D eigenvalue weighted by molar-refractivity contribution is 0.588. The Bertz CT molecular complexity index is 573. The van der Waals surface area contributed by atoms with Gasteiger partial charge in [0.25, 0.3) is 0 Å². The molecule has 0 amide bonds. The second kappa shape index (κ2) is 8.17. The molecule has 1 heterocycles. The van der Waals surface area contributed by atoms with Crippen molar-refractivity contribution in [3.05, 3.63) is 6.20 Å². The average molecular weight is 329 g/mol. The first-order chi connectivity index (χ1) is 10.4. The number of hydrogen-bond acceptors (Lipinski definition) is 6. The molecule has 126 valence electrons. The van der Waals surface area contributed by atoms with Crippen molar-refractivity contribution in [1.82, 2.24) is 9.97 Å². The summed E-state index contributed by atoms with van der Waals surface area (Å²) in [4.78, 5) is 10.5. The SMILES string of the molecule is CCCCS(=O)(=O)N(CC)c1cnc(N(CC)CC)nc1N. The molecule has 0 aliphatic rings. The topological polar surface area (TPSA) is 92.4 Å². The van der Waals surface area contributed by atoms with Crippen LogP contribution in [0.1, 0.15) is 40.5 Å². The van der Waals surface area contributed by atoms with Crippen LogP contribution < -0.4 is 14.9 Å². The van der Waals surface area contributed by atoms with Crippen LogP contribution in [-0.4, -0.2) is 43.8 Å². The van der Waals surface area contributed by atoms with Gasteiger partial charge < -0.3 is 10.6 Å². The van der Waals surface area contributed by atoms with Gasteiger partial charge >= 0.3 is 0 Å². The Morgan fingerprint density at radius 3 is 2.23 bits per heavy atom. The second-order valence-electron chi connectivity index (χ2n) is 4.95. The van der Waals surface area contributed by atoms with E-state index in [4.69, 9.17) is 5.73 Å². The first-order valence-corrected chi connectivity index (χ1v) is 9.39. The summed E-state index contributed by atoms with van der Waals surface area (Å²) in [5.41, 5.74) is 6.34. The summed E-state index contributed by atoms with van der Waals surface area (Å²) in [6.45, 7) is 9.59. The Balaban J connectivity index is 3.14. The summed E-state index contributed by atoms with van der Waals surface area (Å²) in [7, 11) is -3.39. The van der Waals surface area contributed by atoms with E-state index in [1.807, 2.05) is 25.7 Å². The third-order valence-electron chi connectivity index (χ3n) is 3.48. The second-order valence-corrected chi connectivity index (χ2v) is 6.96. The van der Waals surface area contributed by atoms with Gasteiger partial charge in [0.05, 0.1) is 11.9 Å². The van der Waals surface area contributed by atoms with Gasteiger partial charge in [0, 0.05) is 19.6 Å². The van der Waals surface area contributed by atoms with Crippen molar-refractivity contribution in [3.8, 4) is 0 Å². The fourth-order valence-electron chi connectivity index (χ4n) is 2.18. The van der Waals surface area contributed by atoms with Gasteiger partial charge in [-0.25, -0.2) is 13.4 Å². The lowest BCUT2D eigenvalue weighted by atomic mass is 10.4. The molecular formula is C14H27N5O2S. The van der Waals surface area contributed by atoms with E-state index in [2.05, 4.69) is 9.97 Å². The molecular weight excluding hydrogens is 302 g/mol. The maximum atomic E-state index is 12.4. The molecule has 8 heteroatoms. The fraction of sp³-hybridized carbons (Fsp3) is 0.714. The number of nitrogen functional groups attached to an aromatic ring is 1. The van der Waals surface area contributed by atoms with Crippen molar-refractivity contribution in [1.29, 1.82) is 0 Å². The van der Waals surface area contributed by atoms with Crippen LogP contribution in [0.2, 0.25) is 0 Å². The van der Waals surface area contributed by atoms with Crippen LogP contribution in [0.3, 0.4) is 0 Å². The van der Waals surface area contributed by atoms with E-state index in [0.29, 0.717) is 24.6 Å². The minimum Gasteiger partial charge on any atom is -0.382 e. The Morgan fingerprint density at radius 1 is 1.14 bits per heavy atom. The van der Waals surface area contributed by atoms with Gasteiger partial charge in [0.15, 0.2) is 5.82 Å². The fourth-order valence-corrected chi connectivity index (χ4v) is 3.89. The molecule has 1 aromatic heterocycles. The highest BCUT2D eigenvalue weighted by Gasteiger charge is 2.23. The first kappa shape index (κ1) is 18.5. The van der Waals surface area contributed by atoms with E-state index in [1.165, 1.54) is 10.5 Å². The molecule has 0 bridgehead atoms. The summed E-state index contributed by atoms with van der Waals surface area (Å²) in [5, 5.41) is 0. The third-order valence-corrected chi connectivity index (χ3v) is 5.41. The van der Waals surface area contributed by atoms with Crippen molar-refractivity contribution in [3.63, 3.8) is 0 Å². The maximum absolute atomic E-state index is 12.4.